The van der Waals surface area contributed by atoms with Crippen molar-refractivity contribution in [3.8, 4) is 0 Å². The zero-order valence-corrected chi connectivity index (χ0v) is 12.5. The van der Waals surface area contributed by atoms with Gasteiger partial charge in [0.2, 0.25) is 11.8 Å². The summed E-state index contributed by atoms with van der Waals surface area (Å²) in [6.07, 6.45) is 0.433. The SMILES string of the molecule is Cc1nc2cc(Cl)cc(N)c2c(=O)n1C1CCC(=O)NC1=O. The average Bonchev–Trinajstić information content (AvgIpc) is 2.39. The minimum atomic E-state index is -0.767. The topological polar surface area (TPSA) is 107 Å². The lowest BCUT2D eigenvalue weighted by Gasteiger charge is -2.24. The third-order valence-corrected chi connectivity index (χ3v) is 3.92. The van der Waals surface area contributed by atoms with E-state index in [-0.39, 0.29) is 29.8 Å². The molecule has 22 heavy (non-hydrogen) atoms. The predicted molar refractivity (Wildman–Crippen MR) is 81.6 cm³/mol. The molecule has 0 radical (unpaired) electrons. The second kappa shape index (κ2) is 5.10. The number of imide groups is 1. The minimum absolute atomic E-state index is 0.177. The van der Waals surface area contributed by atoms with Crippen molar-refractivity contribution in [2.24, 2.45) is 0 Å². The van der Waals surface area contributed by atoms with Crippen molar-refractivity contribution in [2.45, 2.75) is 25.8 Å². The number of piperidine rings is 1. The van der Waals surface area contributed by atoms with Crippen LogP contribution in [0.25, 0.3) is 10.9 Å². The number of benzene rings is 1. The highest BCUT2D eigenvalue weighted by Gasteiger charge is 2.30. The number of nitrogens with zero attached hydrogens (tertiary/aromatic N) is 2. The lowest BCUT2D eigenvalue weighted by Crippen LogP contribution is -2.45. The number of nitrogen functional groups attached to an aromatic ring is 1. The number of fused-ring (bicyclic) bond motifs is 1. The summed E-state index contributed by atoms with van der Waals surface area (Å²) >= 11 is 5.93. The third-order valence-electron chi connectivity index (χ3n) is 3.70. The summed E-state index contributed by atoms with van der Waals surface area (Å²) in [5, 5.41) is 2.84. The molecule has 2 aromatic rings. The molecule has 1 atom stereocenters. The van der Waals surface area contributed by atoms with Gasteiger partial charge in [0.25, 0.3) is 5.56 Å². The van der Waals surface area contributed by atoms with Crippen LogP contribution in [0.3, 0.4) is 0 Å². The van der Waals surface area contributed by atoms with Crippen molar-refractivity contribution in [3.05, 3.63) is 33.3 Å². The highest BCUT2D eigenvalue weighted by atomic mass is 35.5. The van der Waals surface area contributed by atoms with Crippen LogP contribution >= 0.6 is 11.6 Å². The lowest BCUT2D eigenvalue weighted by atomic mass is 10.1. The fraction of sp³-hybridized carbons (Fsp3) is 0.286. The highest BCUT2D eigenvalue weighted by molar-refractivity contribution is 6.31. The zero-order valence-electron chi connectivity index (χ0n) is 11.7. The minimum Gasteiger partial charge on any atom is -0.398 e. The quantitative estimate of drug-likeness (QED) is 0.600. The van der Waals surface area contributed by atoms with E-state index in [1.807, 2.05) is 0 Å². The maximum absolute atomic E-state index is 12.7. The van der Waals surface area contributed by atoms with Gasteiger partial charge in [0.05, 0.1) is 10.9 Å². The van der Waals surface area contributed by atoms with Crippen molar-refractivity contribution < 1.29 is 9.59 Å². The number of anilines is 1. The van der Waals surface area contributed by atoms with Crippen LogP contribution in [0.1, 0.15) is 24.7 Å². The number of aryl methyl sites for hydroxylation is 1. The van der Waals surface area contributed by atoms with E-state index >= 15 is 0 Å². The molecular formula is C14H13ClN4O3. The Morgan fingerprint density at radius 2 is 2.09 bits per heavy atom. The molecule has 8 heteroatoms. The lowest BCUT2D eigenvalue weighted by molar-refractivity contribution is -0.135. The number of halogens is 1. The van der Waals surface area contributed by atoms with Crippen molar-refractivity contribution in [3.63, 3.8) is 0 Å². The van der Waals surface area contributed by atoms with E-state index < -0.39 is 17.5 Å². The van der Waals surface area contributed by atoms with Crippen LogP contribution in [0.5, 0.6) is 0 Å². The van der Waals surface area contributed by atoms with Crippen LogP contribution in [-0.4, -0.2) is 21.4 Å². The Balaban J connectivity index is 2.25. The number of nitrogens with one attached hydrogen (secondary N) is 1. The average molecular weight is 321 g/mol. The van der Waals surface area contributed by atoms with E-state index in [4.69, 9.17) is 17.3 Å². The van der Waals surface area contributed by atoms with Crippen LogP contribution in [0.4, 0.5) is 5.69 Å². The number of nitrogens with two attached hydrogens (primary N) is 1. The smallest absolute Gasteiger partial charge is 0.264 e. The monoisotopic (exact) mass is 320 g/mol. The molecule has 0 bridgehead atoms. The van der Waals surface area contributed by atoms with Gasteiger partial charge in [0, 0.05) is 17.1 Å². The molecule has 3 N–H and O–H groups in total. The van der Waals surface area contributed by atoms with Crippen molar-refractivity contribution in [1.29, 1.82) is 0 Å². The van der Waals surface area contributed by atoms with E-state index in [1.165, 1.54) is 10.6 Å². The van der Waals surface area contributed by atoms with Gasteiger partial charge in [-0.1, -0.05) is 11.6 Å². The standard InChI is InChI=1S/C14H13ClN4O3/c1-6-17-9-5-7(15)4-8(16)12(9)14(22)19(6)10-2-3-11(20)18-13(10)21/h4-5,10H,2-3,16H2,1H3,(H,18,20,21). The van der Waals surface area contributed by atoms with Gasteiger partial charge in [0.1, 0.15) is 11.9 Å². The predicted octanol–water partition coefficient (Wildman–Crippen LogP) is 0.918. The number of hydrogen-bond acceptors (Lipinski definition) is 5. The number of carbonyl (C=O) groups excluding carboxylic acids is 2. The molecule has 1 fully saturated rings. The molecule has 1 unspecified atom stereocenters. The fourth-order valence-electron chi connectivity index (χ4n) is 2.73. The molecule has 2 heterocycles. The van der Waals surface area contributed by atoms with Gasteiger partial charge < -0.3 is 5.73 Å². The van der Waals surface area contributed by atoms with Crippen LogP contribution in [0, 0.1) is 6.92 Å². The van der Waals surface area contributed by atoms with Crippen molar-refractivity contribution in [2.75, 3.05) is 5.73 Å². The molecule has 7 nitrogen and oxygen atoms in total. The van der Waals surface area contributed by atoms with E-state index in [9.17, 15) is 14.4 Å². The van der Waals surface area contributed by atoms with Gasteiger partial charge in [-0.05, 0) is 25.5 Å². The fourth-order valence-corrected chi connectivity index (χ4v) is 2.95. The summed E-state index contributed by atoms with van der Waals surface area (Å²) in [5.41, 5.74) is 6.05. The van der Waals surface area contributed by atoms with Gasteiger partial charge in [-0.15, -0.1) is 0 Å². The molecular weight excluding hydrogens is 308 g/mol. The second-order valence-electron chi connectivity index (χ2n) is 5.19. The summed E-state index contributed by atoms with van der Waals surface area (Å²) in [4.78, 5) is 40.3. The molecule has 1 aromatic carbocycles. The first-order valence-corrected chi connectivity index (χ1v) is 7.08. The second-order valence-corrected chi connectivity index (χ2v) is 5.63. The summed E-state index contributed by atoms with van der Waals surface area (Å²) in [6.45, 7) is 1.63. The van der Waals surface area contributed by atoms with E-state index in [1.54, 1.807) is 13.0 Å². The van der Waals surface area contributed by atoms with Crippen LogP contribution in [0.15, 0.2) is 16.9 Å². The Hall–Kier alpha value is -2.41. The van der Waals surface area contributed by atoms with Gasteiger partial charge in [-0.2, -0.15) is 0 Å². The molecule has 114 valence electrons. The van der Waals surface area contributed by atoms with Crippen molar-refractivity contribution in [1.82, 2.24) is 14.9 Å². The van der Waals surface area contributed by atoms with Gasteiger partial charge in [0.15, 0.2) is 0 Å². The Kier molecular flexibility index (Phi) is 3.37. The molecule has 1 aromatic heterocycles. The third kappa shape index (κ3) is 2.23. The summed E-state index contributed by atoms with van der Waals surface area (Å²) in [6, 6.07) is 2.25. The number of amides is 2. The Morgan fingerprint density at radius 1 is 1.36 bits per heavy atom. The normalized spacial score (nSPS) is 18.5. The van der Waals surface area contributed by atoms with Gasteiger partial charge >= 0.3 is 0 Å². The zero-order chi connectivity index (χ0) is 16.0. The van der Waals surface area contributed by atoms with Crippen LogP contribution in [0.2, 0.25) is 5.02 Å². The van der Waals surface area contributed by atoms with Crippen LogP contribution in [-0.2, 0) is 9.59 Å². The van der Waals surface area contributed by atoms with Gasteiger partial charge in [-0.3, -0.25) is 24.3 Å². The highest BCUT2D eigenvalue weighted by Crippen LogP contribution is 2.24. The maximum Gasteiger partial charge on any atom is 0.264 e. The van der Waals surface area contributed by atoms with Crippen LogP contribution < -0.4 is 16.6 Å². The Morgan fingerprint density at radius 3 is 2.77 bits per heavy atom. The first-order chi connectivity index (χ1) is 10.4. The maximum atomic E-state index is 12.7. The summed E-state index contributed by atoms with van der Waals surface area (Å²) in [7, 11) is 0. The number of rotatable bonds is 1. The Labute approximate surface area is 130 Å². The first-order valence-electron chi connectivity index (χ1n) is 6.70. The molecule has 0 saturated carbocycles. The largest absolute Gasteiger partial charge is 0.398 e. The number of carbonyl (C=O) groups is 2. The van der Waals surface area contributed by atoms with E-state index in [0.717, 1.165) is 0 Å². The number of aromatic nitrogens is 2. The molecule has 0 aliphatic carbocycles. The van der Waals surface area contributed by atoms with Gasteiger partial charge in [-0.25, -0.2) is 4.98 Å². The van der Waals surface area contributed by atoms with Crippen molar-refractivity contribution >= 4 is 40.0 Å². The number of hydrogen-bond donors (Lipinski definition) is 2. The molecule has 2 amide bonds. The molecule has 1 aliphatic heterocycles. The summed E-state index contributed by atoms with van der Waals surface area (Å²) < 4.78 is 1.29. The molecule has 3 rings (SSSR count). The first kappa shape index (κ1) is 14.5. The van der Waals surface area contributed by atoms with E-state index in [2.05, 4.69) is 10.3 Å². The molecule has 0 spiro atoms. The van der Waals surface area contributed by atoms with E-state index in [0.29, 0.717) is 16.4 Å². The molecule has 1 aliphatic rings. The molecule has 1 saturated heterocycles. The Bertz CT molecular complexity index is 874. The summed E-state index contributed by atoms with van der Waals surface area (Å²) in [5.74, 6) is -0.476.